The quantitative estimate of drug-likeness (QED) is 0.339. The van der Waals surface area contributed by atoms with Crippen LogP contribution in [-0.4, -0.2) is 25.5 Å². The van der Waals surface area contributed by atoms with Crippen molar-refractivity contribution in [2.45, 2.75) is 6.61 Å². The molecule has 0 aliphatic carbocycles. The van der Waals surface area contributed by atoms with Crippen molar-refractivity contribution in [3.05, 3.63) is 101 Å². The Kier molecular flexibility index (Phi) is 5.43. The van der Waals surface area contributed by atoms with Gasteiger partial charge >= 0.3 is 0 Å². The van der Waals surface area contributed by atoms with Crippen LogP contribution in [0.5, 0.6) is 5.75 Å². The smallest absolute Gasteiger partial charge is 0.273 e. The van der Waals surface area contributed by atoms with Gasteiger partial charge in [-0.3, -0.25) is 9.89 Å². The van der Waals surface area contributed by atoms with Gasteiger partial charge < -0.3 is 14.5 Å². The third kappa shape index (κ3) is 4.40. The molecule has 1 amide bonds. The average Bonchev–Trinajstić information content (AvgIpc) is 3.46. The lowest BCUT2D eigenvalue weighted by Gasteiger charge is -2.07. The monoisotopic (exact) mass is 487 g/mol. The number of pyridine rings is 1. The van der Waals surface area contributed by atoms with Gasteiger partial charge in [-0.25, -0.2) is 4.98 Å². The average molecular weight is 488 g/mol. The summed E-state index contributed by atoms with van der Waals surface area (Å²) in [5, 5.41) is 9.89. The third-order valence-electron chi connectivity index (χ3n) is 4.88. The van der Waals surface area contributed by atoms with E-state index in [1.54, 1.807) is 18.2 Å². The van der Waals surface area contributed by atoms with Crippen LogP contribution in [0.1, 0.15) is 16.2 Å². The number of anilines is 1. The Morgan fingerprint density at radius 1 is 1.06 bits per heavy atom. The van der Waals surface area contributed by atoms with Crippen LogP contribution < -0.4 is 10.1 Å². The lowest BCUT2D eigenvalue weighted by molar-refractivity contribution is 0.102. The molecule has 0 spiro atoms. The lowest BCUT2D eigenvalue weighted by atomic mass is 10.1. The molecule has 2 N–H and O–H groups in total. The summed E-state index contributed by atoms with van der Waals surface area (Å²) in [4.78, 5) is 17.1. The summed E-state index contributed by atoms with van der Waals surface area (Å²) in [5.74, 6) is 0.429. The van der Waals surface area contributed by atoms with Crippen molar-refractivity contribution in [3.8, 4) is 17.0 Å². The van der Waals surface area contributed by atoms with E-state index in [0.717, 1.165) is 21.4 Å². The maximum Gasteiger partial charge on any atom is 0.273 e. The number of benzene rings is 2. The number of aromatic amines is 1. The minimum atomic E-state index is -0.265. The zero-order valence-electron chi connectivity index (χ0n) is 16.8. The zero-order chi connectivity index (χ0) is 21.9. The van der Waals surface area contributed by atoms with Crippen LogP contribution in [0.4, 0.5) is 5.69 Å². The summed E-state index contributed by atoms with van der Waals surface area (Å²) in [6.07, 6.45) is 3.89. The fourth-order valence-electron chi connectivity index (χ4n) is 3.25. The number of hydrogen-bond donors (Lipinski definition) is 2. The van der Waals surface area contributed by atoms with E-state index in [-0.39, 0.29) is 5.91 Å². The fraction of sp³-hybridized carbons (Fsp3) is 0.0417. The number of hydrogen-bond acceptors (Lipinski definition) is 4. The summed E-state index contributed by atoms with van der Waals surface area (Å²) >= 11 is 3.41. The molecule has 3 aromatic heterocycles. The van der Waals surface area contributed by atoms with Gasteiger partial charge in [-0.1, -0.05) is 34.1 Å². The Morgan fingerprint density at radius 2 is 1.88 bits per heavy atom. The van der Waals surface area contributed by atoms with Crippen molar-refractivity contribution in [2.75, 3.05) is 5.32 Å². The molecule has 0 saturated heterocycles. The zero-order valence-corrected chi connectivity index (χ0v) is 18.4. The number of aromatic nitrogens is 4. The highest BCUT2D eigenvalue weighted by molar-refractivity contribution is 9.10. The summed E-state index contributed by atoms with van der Waals surface area (Å²) in [6, 6.07) is 22.5. The first-order valence-corrected chi connectivity index (χ1v) is 10.7. The molecule has 5 rings (SSSR count). The first kappa shape index (κ1) is 20.0. The molecule has 0 aliphatic rings. The molecule has 0 unspecified atom stereocenters. The second-order valence-corrected chi connectivity index (χ2v) is 8.05. The van der Waals surface area contributed by atoms with Gasteiger partial charge in [0.1, 0.15) is 23.7 Å². The summed E-state index contributed by atoms with van der Waals surface area (Å²) in [5.41, 5.74) is 4.40. The number of carbonyl (C=O) groups excluding carboxylic acids is 1. The molecule has 8 heteroatoms. The van der Waals surface area contributed by atoms with Gasteiger partial charge in [0.25, 0.3) is 5.91 Å². The van der Waals surface area contributed by atoms with E-state index in [1.165, 1.54) is 0 Å². The summed E-state index contributed by atoms with van der Waals surface area (Å²) in [7, 11) is 0. The molecule has 3 heterocycles. The Bertz CT molecular complexity index is 1340. The minimum absolute atomic E-state index is 0.265. The molecule has 2 aromatic carbocycles. The Hall–Kier alpha value is -3.91. The van der Waals surface area contributed by atoms with Gasteiger partial charge in [0.15, 0.2) is 0 Å². The molecule has 0 aliphatic heterocycles. The number of rotatable bonds is 6. The van der Waals surface area contributed by atoms with Crippen molar-refractivity contribution < 1.29 is 9.53 Å². The van der Waals surface area contributed by atoms with Crippen molar-refractivity contribution in [3.63, 3.8) is 0 Å². The SMILES string of the molecule is O=C(Nc1ccc(OCc2cn3ccccc3n2)cc1)c1cc(-c2ccc(Br)cc2)n[nH]1. The van der Waals surface area contributed by atoms with Crippen molar-refractivity contribution >= 4 is 33.2 Å². The molecule has 0 radical (unpaired) electrons. The molecule has 5 aromatic rings. The molecule has 32 heavy (non-hydrogen) atoms. The maximum absolute atomic E-state index is 12.6. The topological polar surface area (TPSA) is 84.3 Å². The number of fused-ring (bicyclic) bond motifs is 1. The van der Waals surface area contributed by atoms with Crippen LogP contribution in [0.25, 0.3) is 16.9 Å². The van der Waals surface area contributed by atoms with E-state index in [2.05, 4.69) is 36.4 Å². The molecule has 7 nitrogen and oxygen atoms in total. The van der Waals surface area contributed by atoms with Crippen molar-refractivity contribution in [1.29, 1.82) is 0 Å². The molecule has 0 bridgehead atoms. The van der Waals surface area contributed by atoms with E-state index in [0.29, 0.717) is 29.4 Å². The normalized spacial score (nSPS) is 10.9. The second-order valence-electron chi connectivity index (χ2n) is 7.14. The predicted octanol–water partition coefficient (Wildman–Crippen LogP) is 5.32. The van der Waals surface area contributed by atoms with Crippen LogP contribution in [0.15, 0.2) is 89.7 Å². The second kappa shape index (κ2) is 8.68. The van der Waals surface area contributed by atoms with Crippen LogP contribution in [-0.2, 0) is 6.61 Å². The van der Waals surface area contributed by atoms with Crippen molar-refractivity contribution in [2.24, 2.45) is 0 Å². The van der Waals surface area contributed by atoms with E-state index in [1.807, 2.05) is 71.4 Å². The molecule has 0 fully saturated rings. The number of ether oxygens (including phenoxy) is 1. The predicted molar refractivity (Wildman–Crippen MR) is 126 cm³/mol. The Morgan fingerprint density at radius 3 is 2.66 bits per heavy atom. The highest BCUT2D eigenvalue weighted by Crippen LogP contribution is 2.22. The van der Waals surface area contributed by atoms with E-state index < -0.39 is 0 Å². The highest BCUT2D eigenvalue weighted by Gasteiger charge is 2.12. The molecule has 0 saturated carbocycles. The first-order valence-electron chi connectivity index (χ1n) is 9.92. The number of nitrogens with one attached hydrogen (secondary N) is 2. The van der Waals surface area contributed by atoms with Crippen molar-refractivity contribution in [1.82, 2.24) is 19.6 Å². The largest absolute Gasteiger partial charge is 0.487 e. The summed E-state index contributed by atoms with van der Waals surface area (Å²) < 4.78 is 8.76. The first-order chi connectivity index (χ1) is 15.6. The van der Waals surface area contributed by atoms with Gasteiger partial charge in [-0.15, -0.1) is 0 Å². The maximum atomic E-state index is 12.6. The van der Waals surface area contributed by atoms with Gasteiger partial charge in [0.2, 0.25) is 0 Å². The number of H-pyrrole nitrogens is 1. The Labute approximate surface area is 192 Å². The molecule has 158 valence electrons. The summed E-state index contributed by atoms with van der Waals surface area (Å²) in [6.45, 7) is 0.361. The highest BCUT2D eigenvalue weighted by atomic mass is 79.9. The number of amides is 1. The fourth-order valence-corrected chi connectivity index (χ4v) is 3.52. The number of halogens is 1. The van der Waals surface area contributed by atoms with Crippen LogP contribution >= 0.6 is 15.9 Å². The Balaban J connectivity index is 1.20. The molecule has 0 atom stereocenters. The van der Waals surface area contributed by atoms with E-state index >= 15 is 0 Å². The minimum Gasteiger partial charge on any atom is -0.487 e. The van der Waals surface area contributed by atoms with Gasteiger partial charge in [0, 0.05) is 28.1 Å². The van der Waals surface area contributed by atoms with Gasteiger partial charge in [-0.05, 0) is 54.6 Å². The van der Waals surface area contributed by atoms with E-state index in [9.17, 15) is 4.79 Å². The third-order valence-corrected chi connectivity index (χ3v) is 5.40. The van der Waals surface area contributed by atoms with Crippen LogP contribution in [0.2, 0.25) is 0 Å². The lowest BCUT2D eigenvalue weighted by Crippen LogP contribution is -2.12. The number of imidazole rings is 1. The molecular weight excluding hydrogens is 470 g/mol. The van der Waals surface area contributed by atoms with Crippen LogP contribution in [0.3, 0.4) is 0 Å². The van der Waals surface area contributed by atoms with Gasteiger partial charge in [0.05, 0.1) is 11.4 Å². The van der Waals surface area contributed by atoms with E-state index in [4.69, 9.17) is 4.74 Å². The number of carbonyl (C=O) groups is 1. The molecular formula is C24H18BrN5O2. The van der Waals surface area contributed by atoms with Crippen LogP contribution in [0, 0.1) is 0 Å². The van der Waals surface area contributed by atoms with Gasteiger partial charge in [-0.2, -0.15) is 5.10 Å². The number of nitrogens with zero attached hydrogens (tertiary/aromatic N) is 3. The standard InChI is InChI=1S/C24H18BrN5O2/c25-17-6-4-16(5-7-17)21-13-22(29-28-21)24(31)27-18-8-10-20(11-9-18)32-15-19-14-30-12-2-1-3-23(30)26-19/h1-14H,15H2,(H,27,31)(H,28,29).